The van der Waals surface area contributed by atoms with E-state index in [0.717, 1.165) is 36.9 Å². The molecular weight excluding hydrogens is 315 g/mol. The monoisotopic (exact) mass is 334 g/mol. The summed E-state index contributed by atoms with van der Waals surface area (Å²) in [5.74, 6) is -0.341. The fraction of sp³-hybridized carbons (Fsp3) is 0.412. The van der Waals surface area contributed by atoms with Gasteiger partial charge in [0.2, 0.25) is 5.91 Å². The first-order valence-electron chi connectivity index (χ1n) is 7.65. The van der Waals surface area contributed by atoms with Gasteiger partial charge in [0.15, 0.2) is 5.13 Å². The molecule has 0 unspecified atom stereocenters. The molecule has 1 heterocycles. The first-order chi connectivity index (χ1) is 11.1. The van der Waals surface area contributed by atoms with Gasteiger partial charge in [-0.3, -0.25) is 4.79 Å². The molecule has 6 heteroatoms. The average molecular weight is 334 g/mol. The fourth-order valence-electron chi connectivity index (χ4n) is 3.19. The number of thiazole rings is 1. The molecule has 0 bridgehead atoms. The Bertz CT molecular complexity index is 678. The predicted octanol–water partition coefficient (Wildman–Crippen LogP) is 3.88. The molecule has 4 nitrogen and oxygen atoms in total. The zero-order valence-corrected chi connectivity index (χ0v) is 13.8. The van der Waals surface area contributed by atoms with Crippen LogP contribution < -0.4 is 5.32 Å². The Morgan fingerprint density at radius 2 is 2.04 bits per heavy atom. The number of carbonyl (C=O) groups is 1. The molecule has 0 radical (unpaired) electrons. The number of aromatic nitrogens is 1. The predicted molar refractivity (Wildman–Crippen MR) is 88.0 cm³/mol. The number of rotatable bonds is 5. The number of nitrogens with one attached hydrogen (secondary N) is 1. The highest BCUT2D eigenvalue weighted by Gasteiger charge is 2.42. The highest BCUT2D eigenvalue weighted by atomic mass is 32.1. The summed E-state index contributed by atoms with van der Waals surface area (Å²) >= 11 is 1.39. The van der Waals surface area contributed by atoms with Crippen LogP contribution in [0.3, 0.4) is 0 Å². The summed E-state index contributed by atoms with van der Waals surface area (Å²) in [5.41, 5.74) is 1.10. The van der Waals surface area contributed by atoms with Crippen molar-refractivity contribution < 1.29 is 13.9 Å². The highest BCUT2D eigenvalue weighted by molar-refractivity contribution is 7.13. The molecule has 0 spiro atoms. The largest absolute Gasteiger partial charge is 0.378 e. The van der Waals surface area contributed by atoms with Crippen molar-refractivity contribution in [3.05, 3.63) is 46.7 Å². The smallest absolute Gasteiger partial charge is 0.236 e. The Labute approximate surface area is 138 Å². The van der Waals surface area contributed by atoms with Crippen molar-refractivity contribution in [2.24, 2.45) is 0 Å². The van der Waals surface area contributed by atoms with E-state index in [9.17, 15) is 9.18 Å². The molecule has 1 amide bonds. The molecule has 3 rings (SSSR count). The molecule has 23 heavy (non-hydrogen) atoms. The molecule has 122 valence electrons. The molecule has 0 saturated heterocycles. The Kier molecular flexibility index (Phi) is 4.73. The van der Waals surface area contributed by atoms with Crippen molar-refractivity contribution in [2.75, 3.05) is 12.4 Å². The van der Waals surface area contributed by atoms with Gasteiger partial charge in [0.25, 0.3) is 0 Å². The third kappa shape index (κ3) is 3.28. The molecule has 1 aliphatic rings. The molecule has 1 aromatic heterocycles. The van der Waals surface area contributed by atoms with E-state index < -0.39 is 5.41 Å². The van der Waals surface area contributed by atoms with Crippen LogP contribution in [0, 0.1) is 5.82 Å². The van der Waals surface area contributed by atoms with E-state index in [1.165, 1.54) is 23.5 Å². The van der Waals surface area contributed by atoms with E-state index >= 15 is 0 Å². The number of nitrogens with zero attached hydrogens (tertiary/aromatic N) is 1. The topological polar surface area (TPSA) is 51.2 Å². The first-order valence-corrected chi connectivity index (χ1v) is 8.53. The summed E-state index contributed by atoms with van der Waals surface area (Å²) in [5, 5.41) is 5.39. The van der Waals surface area contributed by atoms with E-state index in [-0.39, 0.29) is 11.7 Å². The van der Waals surface area contributed by atoms with Crippen LogP contribution in [0.25, 0.3) is 0 Å². The first kappa shape index (κ1) is 16.1. The lowest BCUT2D eigenvalue weighted by Gasteiger charge is -2.27. The van der Waals surface area contributed by atoms with Gasteiger partial charge < -0.3 is 10.1 Å². The van der Waals surface area contributed by atoms with E-state index in [1.54, 1.807) is 19.2 Å². The van der Waals surface area contributed by atoms with Gasteiger partial charge in [-0.2, -0.15) is 0 Å². The minimum Gasteiger partial charge on any atom is -0.378 e. The molecule has 0 aliphatic heterocycles. The number of carbonyl (C=O) groups excluding carboxylic acids is 1. The van der Waals surface area contributed by atoms with Gasteiger partial charge in [-0.25, -0.2) is 9.37 Å². The summed E-state index contributed by atoms with van der Waals surface area (Å²) in [6.45, 7) is 0.426. The third-order valence-corrected chi connectivity index (χ3v) is 5.16. The van der Waals surface area contributed by atoms with Crippen molar-refractivity contribution in [2.45, 2.75) is 37.7 Å². The van der Waals surface area contributed by atoms with Crippen LogP contribution in [-0.2, 0) is 21.6 Å². The highest BCUT2D eigenvalue weighted by Crippen LogP contribution is 2.42. The van der Waals surface area contributed by atoms with Gasteiger partial charge in [0.1, 0.15) is 5.82 Å². The summed E-state index contributed by atoms with van der Waals surface area (Å²) in [4.78, 5) is 17.3. The van der Waals surface area contributed by atoms with E-state index in [1.807, 2.05) is 5.38 Å². The van der Waals surface area contributed by atoms with Crippen molar-refractivity contribution in [3.63, 3.8) is 0 Å². The van der Waals surface area contributed by atoms with Crippen LogP contribution in [0.1, 0.15) is 36.9 Å². The second-order valence-electron chi connectivity index (χ2n) is 5.83. The summed E-state index contributed by atoms with van der Waals surface area (Å²) in [6, 6.07) is 6.28. The molecule has 0 atom stereocenters. The molecule has 1 N–H and O–H groups in total. The van der Waals surface area contributed by atoms with Crippen molar-refractivity contribution >= 4 is 22.4 Å². The normalized spacial score (nSPS) is 16.4. The Morgan fingerprint density at radius 1 is 1.35 bits per heavy atom. The molecule has 1 fully saturated rings. The van der Waals surface area contributed by atoms with Crippen LogP contribution in [0.2, 0.25) is 0 Å². The van der Waals surface area contributed by atoms with Gasteiger partial charge in [0.05, 0.1) is 17.7 Å². The zero-order valence-electron chi connectivity index (χ0n) is 13.0. The number of benzene rings is 1. The van der Waals surface area contributed by atoms with E-state index in [4.69, 9.17) is 4.74 Å². The number of methoxy groups -OCH3 is 1. The number of anilines is 1. The molecule has 1 aliphatic carbocycles. The van der Waals surface area contributed by atoms with Crippen LogP contribution in [-0.4, -0.2) is 18.0 Å². The van der Waals surface area contributed by atoms with Crippen molar-refractivity contribution in [1.29, 1.82) is 0 Å². The number of ether oxygens (including phenoxy) is 1. The summed E-state index contributed by atoms with van der Waals surface area (Å²) in [6.07, 6.45) is 3.55. The van der Waals surface area contributed by atoms with Gasteiger partial charge >= 0.3 is 0 Å². The lowest BCUT2D eigenvalue weighted by atomic mass is 9.78. The lowest BCUT2D eigenvalue weighted by molar-refractivity contribution is -0.121. The standard InChI is InChI=1S/C17H19FN2O2S/c1-22-10-14-11-23-16(19-14)20-15(21)17(8-2-3-9-17)12-4-6-13(18)7-5-12/h4-7,11H,2-3,8-10H2,1H3,(H,19,20,21). The SMILES string of the molecule is COCc1csc(NC(=O)C2(c3ccc(F)cc3)CCCC2)n1. The molecule has 1 saturated carbocycles. The Morgan fingerprint density at radius 3 is 2.70 bits per heavy atom. The van der Waals surface area contributed by atoms with Crippen LogP contribution in [0.15, 0.2) is 29.6 Å². The second kappa shape index (κ2) is 6.76. The number of hydrogen-bond acceptors (Lipinski definition) is 4. The second-order valence-corrected chi connectivity index (χ2v) is 6.69. The Hall–Kier alpha value is -1.79. The minimum absolute atomic E-state index is 0.0556. The maximum atomic E-state index is 13.2. The maximum Gasteiger partial charge on any atom is 0.236 e. The average Bonchev–Trinajstić information content (AvgIpc) is 3.19. The number of hydrogen-bond donors (Lipinski definition) is 1. The summed E-state index contributed by atoms with van der Waals surface area (Å²) in [7, 11) is 1.61. The van der Waals surface area contributed by atoms with Gasteiger partial charge in [0, 0.05) is 12.5 Å². The Balaban J connectivity index is 1.82. The van der Waals surface area contributed by atoms with Gasteiger partial charge in [-0.1, -0.05) is 25.0 Å². The zero-order chi connectivity index (χ0) is 16.3. The molecule has 1 aromatic carbocycles. The fourth-order valence-corrected chi connectivity index (χ4v) is 3.88. The lowest BCUT2D eigenvalue weighted by Crippen LogP contribution is -2.38. The van der Waals surface area contributed by atoms with Gasteiger partial charge in [-0.05, 0) is 30.5 Å². The van der Waals surface area contributed by atoms with E-state index in [2.05, 4.69) is 10.3 Å². The summed E-state index contributed by atoms with van der Waals surface area (Å²) < 4.78 is 18.2. The van der Waals surface area contributed by atoms with Crippen LogP contribution in [0.5, 0.6) is 0 Å². The molecular formula is C17H19FN2O2S. The van der Waals surface area contributed by atoms with Gasteiger partial charge in [-0.15, -0.1) is 11.3 Å². The van der Waals surface area contributed by atoms with Crippen LogP contribution >= 0.6 is 11.3 Å². The van der Waals surface area contributed by atoms with Crippen molar-refractivity contribution in [1.82, 2.24) is 4.98 Å². The third-order valence-electron chi connectivity index (χ3n) is 4.35. The van der Waals surface area contributed by atoms with E-state index in [0.29, 0.717) is 11.7 Å². The number of halogens is 1. The number of amides is 1. The van der Waals surface area contributed by atoms with Crippen LogP contribution in [0.4, 0.5) is 9.52 Å². The molecule has 2 aromatic rings. The van der Waals surface area contributed by atoms with Crippen molar-refractivity contribution in [3.8, 4) is 0 Å². The minimum atomic E-state index is -0.583. The maximum absolute atomic E-state index is 13.2. The quantitative estimate of drug-likeness (QED) is 0.903.